The molecule has 1 aliphatic rings. The Labute approximate surface area is 132 Å². The van der Waals surface area contributed by atoms with E-state index in [2.05, 4.69) is 5.32 Å². The highest BCUT2D eigenvalue weighted by molar-refractivity contribution is 5.85. The number of hydrogen-bond acceptors (Lipinski definition) is 2. The van der Waals surface area contributed by atoms with E-state index in [-0.39, 0.29) is 24.4 Å². The average Bonchev–Trinajstić information content (AvgIpc) is 2.43. The Hall–Kier alpha value is -0.920. The number of rotatable bonds is 4. The predicted molar refractivity (Wildman–Crippen MR) is 76.1 cm³/mol. The summed E-state index contributed by atoms with van der Waals surface area (Å²) in [6, 6.07) is 2.17. The minimum Gasteiger partial charge on any atom is -0.314 e. The van der Waals surface area contributed by atoms with Crippen molar-refractivity contribution in [3.8, 4) is 0 Å². The van der Waals surface area contributed by atoms with Gasteiger partial charge in [-0.25, -0.2) is 8.78 Å². The van der Waals surface area contributed by atoms with Gasteiger partial charge < -0.3 is 5.32 Å². The number of hydrogen-bond donors (Lipinski definition) is 1. The first-order chi connectivity index (χ1) is 9.87. The van der Waals surface area contributed by atoms with Crippen LogP contribution in [-0.2, 0) is 0 Å². The van der Waals surface area contributed by atoms with Gasteiger partial charge in [0.05, 0.1) is 0 Å². The zero-order valence-electron chi connectivity index (χ0n) is 11.8. The molecule has 2 nitrogen and oxygen atoms in total. The first-order valence-electron chi connectivity index (χ1n) is 6.83. The van der Waals surface area contributed by atoms with Crippen LogP contribution in [0.15, 0.2) is 18.2 Å². The smallest absolute Gasteiger partial charge is 0.314 e. The van der Waals surface area contributed by atoms with Gasteiger partial charge in [-0.3, -0.25) is 4.90 Å². The van der Waals surface area contributed by atoms with Gasteiger partial charge in [-0.05, 0) is 24.6 Å². The average molecular weight is 345 g/mol. The Bertz CT molecular complexity index is 475. The van der Waals surface area contributed by atoms with Crippen LogP contribution in [0.3, 0.4) is 0 Å². The van der Waals surface area contributed by atoms with Gasteiger partial charge in [0.1, 0.15) is 11.6 Å². The summed E-state index contributed by atoms with van der Waals surface area (Å²) in [7, 11) is 0. The molecule has 1 fully saturated rings. The molecule has 126 valence electrons. The molecule has 0 unspecified atom stereocenters. The standard InChI is InChI=1S/C14H17F5N2.ClH/c15-10-1-2-12(16)11(9-10)13(3-4-14(17,18)19)21-7-5-20-6-8-21;/h1-2,9,13,20H,3-8H2;1H/t13-;/m1./s1. The lowest BCUT2D eigenvalue weighted by Crippen LogP contribution is -2.45. The summed E-state index contributed by atoms with van der Waals surface area (Å²) >= 11 is 0. The van der Waals surface area contributed by atoms with E-state index in [1.807, 2.05) is 0 Å². The first kappa shape index (κ1) is 19.1. The summed E-state index contributed by atoms with van der Waals surface area (Å²) in [5.74, 6) is -1.30. The Balaban J connectivity index is 0.00000242. The van der Waals surface area contributed by atoms with Crippen LogP contribution >= 0.6 is 12.4 Å². The van der Waals surface area contributed by atoms with Crippen molar-refractivity contribution in [2.45, 2.75) is 25.1 Å². The lowest BCUT2D eigenvalue weighted by molar-refractivity contribution is -0.138. The van der Waals surface area contributed by atoms with E-state index in [4.69, 9.17) is 0 Å². The highest BCUT2D eigenvalue weighted by Crippen LogP contribution is 2.33. The van der Waals surface area contributed by atoms with Gasteiger partial charge in [0.2, 0.25) is 0 Å². The third-order valence-electron chi connectivity index (χ3n) is 3.61. The van der Waals surface area contributed by atoms with Crippen molar-refractivity contribution in [1.29, 1.82) is 0 Å². The second-order valence-corrected chi connectivity index (χ2v) is 5.12. The van der Waals surface area contributed by atoms with Crippen molar-refractivity contribution < 1.29 is 22.0 Å². The molecule has 22 heavy (non-hydrogen) atoms. The van der Waals surface area contributed by atoms with E-state index in [9.17, 15) is 22.0 Å². The summed E-state index contributed by atoms with van der Waals surface area (Å²) in [5, 5.41) is 3.09. The van der Waals surface area contributed by atoms with Crippen LogP contribution in [0.4, 0.5) is 22.0 Å². The molecule has 0 saturated carbocycles. The van der Waals surface area contributed by atoms with E-state index >= 15 is 0 Å². The van der Waals surface area contributed by atoms with Crippen LogP contribution < -0.4 is 5.32 Å². The quantitative estimate of drug-likeness (QED) is 0.838. The van der Waals surface area contributed by atoms with Gasteiger partial charge in [0, 0.05) is 44.2 Å². The highest BCUT2D eigenvalue weighted by atomic mass is 35.5. The molecule has 0 aliphatic carbocycles. The molecular weight excluding hydrogens is 327 g/mol. The van der Waals surface area contributed by atoms with Crippen LogP contribution in [0.2, 0.25) is 0 Å². The van der Waals surface area contributed by atoms with Gasteiger partial charge in [-0.15, -0.1) is 12.4 Å². The van der Waals surface area contributed by atoms with E-state index in [0.29, 0.717) is 26.2 Å². The zero-order valence-corrected chi connectivity index (χ0v) is 12.6. The Morgan fingerprint density at radius 1 is 1.14 bits per heavy atom. The fourth-order valence-corrected chi connectivity index (χ4v) is 2.60. The van der Waals surface area contributed by atoms with Gasteiger partial charge >= 0.3 is 6.18 Å². The maximum absolute atomic E-state index is 13.9. The second-order valence-electron chi connectivity index (χ2n) is 5.12. The molecule has 0 amide bonds. The van der Waals surface area contributed by atoms with Crippen molar-refractivity contribution in [1.82, 2.24) is 10.2 Å². The molecule has 0 spiro atoms. The Morgan fingerprint density at radius 3 is 2.36 bits per heavy atom. The summed E-state index contributed by atoms with van der Waals surface area (Å²) < 4.78 is 64.7. The molecule has 1 aromatic carbocycles. The molecule has 0 radical (unpaired) electrons. The van der Waals surface area contributed by atoms with Crippen molar-refractivity contribution in [2.75, 3.05) is 26.2 Å². The first-order valence-corrected chi connectivity index (χ1v) is 6.83. The van der Waals surface area contributed by atoms with Crippen LogP contribution in [0.1, 0.15) is 24.4 Å². The third-order valence-corrected chi connectivity index (χ3v) is 3.61. The molecule has 1 atom stereocenters. The van der Waals surface area contributed by atoms with E-state index < -0.39 is 30.3 Å². The molecule has 1 aliphatic heterocycles. The molecule has 1 saturated heterocycles. The second kappa shape index (κ2) is 8.08. The van der Waals surface area contributed by atoms with Crippen LogP contribution in [0.5, 0.6) is 0 Å². The maximum atomic E-state index is 13.9. The topological polar surface area (TPSA) is 15.3 Å². The summed E-state index contributed by atoms with van der Waals surface area (Å²) in [6.45, 7) is 2.27. The fourth-order valence-electron chi connectivity index (χ4n) is 2.60. The van der Waals surface area contributed by atoms with Crippen LogP contribution in [-0.4, -0.2) is 37.3 Å². The van der Waals surface area contributed by atoms with Gasteiger partial charge in [0.25, 0.3) is 0 Å². The Morgan fingerprint density at radius 2 is 1.77 bits per heavy atom. The molecule has 1 aromatic rings. The maximum Gasteiger partial charge on any atom is 0.389 e. The van der Waals surface area contributed by atoms with Crippen molar-refractivity contribution >= 4 is 12.4 Å². The molecule has 1 heterocycles. The summed E-state index contributed by atoms with van der Waals surface area (Å²) in [5.41, 5.74) is 0.00106. The molecular formula is C14H18ClF5N2. The van der Waals surface area contributed by atoms with Crippen molar-refractivity contribution in [3.05, 3.63) is 35.4 Å². The fraction of sp³-hybridized carbons (Fsp3) is 0.571. The number of benzene rings is 1. The van der Waals surface area contributed by atoms with E-state index in [0.717, 1.165) is 18.2 Å². The lowest BCUT2D eigenvalue weighted by Gasteiger charge is -2.35. The Kier molecular flexibility index (Phi) is 7.02. The third kappa shape index (κ3) is 5.37. The summed E-state index contributed by atoms with van der Waals surface area (Å²) in [6.07, 6.45) is -5.60. The van der Waals surface area contributed by atoms with Crippen molar-refractivity contribution in [2.24, 2.45) is 0 Å². The van der Waals surface area contributed by atoms with Crippen molar-refractivity contribution in [3.63, 3.8) is 0 Å². The number of alkyl halides is 3. The molecule has 2 rings (SSSR count). The monoisotopic (exact) mass is 344 g/mol. The number of nitrogens with one attached hydrogen (secondary N) is 1. The van der Waals surface area contributed by atoms with E-state index in [1.165, 1.54) is 0 Å². The predicted octanol–water partition coefficient (Wildman–Crippen LogP) is 3.68. The van der Waals surface area contributed by atoms with Gasteiger partial charge in [0.15, 0.2) is 0 Å². The minimum atomic E-state index is -4.31. The largest absolute Gasteiger partial charge is 0.389 e. The number of nitrogens with zero attached hydrogens (tertiary/aromatic N) is 1. The SMILES string of the molecule is Cl.Fc1ccc(F)c([C@@H](CCC(F)(F)F)N2CCNCC2)c1. The van der Waals surface area contributed by atoms with Crippen LogP contribution in [0, 0.1) is 11.6 Å². The normalized spacial score (nSPS) is 17.9. The molecule has 1 N–H and O–H groups in total. The summed E-state index contributed by atoms with van der Waals surface area (Å²) in [4.78, 5) is 1.78. The molecule has 0 aromatic heterocycles. The minimum absolute atomic E-state index is 0. The number of halogens is 6. The van der Waals surface area contributed by atoms with Gasteiger partial charge in [-0.1, -0.05) is 0 Å². The van der Waals surface area contributed by atoms with Crippen LogP contribution in [0.25, 0.3) is 0 Å². The molecule has 8 heteroatoms. The molecule has 0 bridgehead atoms. The lowest BCUT2D eigenvalue weighted by atomic mass is 9.98. The highest BCUT2D eigenvalue weighted by Gasteiger charge is 2.32. The van der Waals surface area contributed by atoms with Gasteiger partial charge in [-0.2, -0.15) is 13.2 Å². The van der Waals surface area contributed by atoms with E-state index in [1.54, 1.807) is 4.90 Å². The number of piperazine rings is 1. The zero-order chi connectivity index (χ0) is 15.5.